The fourth-order valence-electron chi connectivity index (χ4n) is 3.88. The lowest BCUT2D eigenvalue weighted by molar-refractivity contribution is -0.134. The van der Waals surface area contributed by atoms with Crippen molar-refractivity contribution in [2.45, 2.75) is 19.2 Å². The lowest BCUT2D eigenvalue weighted by atomic mass is 10.1. The van der Waals surface area contributed by atoms with Crippen molar-refractivity contribution in [3.8, 4) is 0 Å². The predicted octanol–water partition coefficient (Wildman–Crippen LogP) is 1.28. The van der Waals surface area contributed by atoms with Gasteiger partial charge in [0.1, 0.15) is 0 Å². The van der Waals surface area contributed by atoms with Crippen molar-refractivity contribution in [1.29, 1.82) is 0 Å². The number of likely N-dealkylation sites (N-methyl/N-ethyl adjacent to an activating group) is 2. The van der Waals surface area contributed by atoms with Gasteiger partial charge in [0.05, 0.1) is 19.2 Å². The van der Waals surface area contributed by atoms with Crippen molar-refractivity contribution in [2.75, 3.05) is 53.4 Å². The maximum absolute atomic E-state index is 12.8. The zero-order chi connectivity index (χ0) is 22.9. The van der Waals surface area contributed by atoms with Crippen LogP contribution in [0.1, 0.15) is 11.1 Å². The molecule has 1 aliphatic heterocycles. The van der Waals surface area contributed by atoms with Gasteiger partial charge in [0.15, 0.2) is 0 Å². The summed E-state index contributed by atoms with van der Waals surface area (Å²) in [6, 6.07) is 19.9. The maximum atomic E-state index is 12.8. The number of aliphatic hydroxyl groups excluding tert-OH is 1. The number of hydrogen-bond acceptors (Lipinski definition) is 5. The van der Waals surface area contributed by atoms with Crippen LogP contribution in [0.2, 0.25) is 0 Å². The summed E-state index contributed by atoms with van der Waals surface area (Å²) in [6.45, 7) is 3.25. The van der Waals surface area contributed by atoms with Gasteiger partial charge >= 0.3 is 0 Å². The van der Waals surface area contributed by atoms with E-state index in [9.17, 15) is 14.7 Å². The van der Waals surface area contributed by atoms with E-state index in [1.165, 1.54) is 0 Å². The van der Waals surface area contributed by atoms with Gasteiger partial charge in [0, 0.05) is 53.4 Å². The highest BCUT2D eigenvalue weighted by Gasteiger charge is 2.23. The molecule has 3 rings (SSSR count). The van der Waals surface area contributed by atoms with Crippen molar-refractivity contribution in [1.82, 2.24) is 19.6 Å². The molecule has 0 saturated carbocycles. The lowest BCUT2D eigenvalue weighted by Crippen LogP contribution is -2.44. The smallest absolute Gasteiger partial charge is 0.236 e. The Balaban J connectivity index is 1.78. The Morgan fingerprint density at radius 2 is 1.09 bits per heavy atom. The Morgan fingerprint density at radius 3 is 1.47 bits per heavy atom. The highest BCUT2D eigenvalue weighted by atomic mass is 16.3. The van der Waals surface area contributed by atoms with Crippen LogP contribution in [0.25, 0.3) is 0 Å². The van der Waals surface area contributed by atoms with Gasteiger partial charge in [0.2, 0.25) is 11.8 Å². The molecule has 1 saturated heterocycles. The molecule has 0 aromatic heterocycles. The Morgan fingerprint density at radius 1 is 0.719 bits per heavy atom. The summed E-state index contributed by atoms with van der Waals surface area (Å²) in [5.74, 6) is -0.0382. The molecule has 0 radical (unpaired) electrons. The van der Waals surface area contributed by atoms with Crippen LogP contribution in [0, 0.1) is 0 Å². The molecule has 7 heteroatoms. The topological polar surface area (TPSA) is 67.3 Å². The van der Waals surface area contributed by atoms with E-state index in [1.807, 2.05) is 70.5 Å². The van der Waals surface area contributed by atoms with Crippen molar-refractivity contribution < 1.29 is 14.7 Å². The van der Waals surface area contributed by atoms with Gasteiger partial charge in [-0.05, 0) is 11.1 Å². The molecule has 0 bridgehead atoms. The maximum Gasteiger partial charge on any atom is 0.236 e. The third-order valence-corrected chi connectivity index (χ3v) is 5.78. The number of benzene rings is 2. The first-order valence-corrected chi connectivity index (χ1v) is 11.1. The largest absolute Gasteiger partial charge is 0.390 e. The second-order valence-corrected chi connectivity index (χ2v) is 8.59. The summed E-state index contributed by atoms with van der Waals surface area (Å²) in [6.07, 6.45) is -0.695. The van der Waals surface area contributed by atoms with E-state index in [1.54, 1.807) is 23.9 Å². The van der Waals surface area contributed by atoms with Crippen molar-refractivity contribution >= 4 is 11.8 Å². The standard InChI is InChI=1S/C25H34N4O3/c1-26-13-14-27(2)25(32)20-29(16-22-11-7-4-8-12-22)18-23(30)17-28(19-24(26)31)15-21-9-5-3-6-10-21/h3-12,23,30H,13-20H2,1-2H3. The molecule has 0 atom stereocenters. The summed E-state index contributed by atoms with van der Waals surface area (Å²) < 4.78 is 0. The van der Waals surface area contributed by atoms with Crippen LogP contribution in [0.5, 0.6) is 0 Å². The van der Waals surface area contributed by atoms with Gasteiger partial charge < -0.3 is 14.9 Å². The zero-order valence-corrected chi connectivity index (χ0v) is 19.1. The molecule has 32 heavy (non-hydrogen) atoms. The molecule has 1 fully saturated rings. The fraction of sp³-hybridized carbons (Fsp3) is 0.440. The molecule has 1 heterocycles. The molecule has 1 N–H and O–H groups in total. The first kappa shape index (κ1) is 23.9. The van der Waals surface area contributed by atoms with E-state index in [0.717, 1.165) is 11.1 Å². The van der Waals surface area contributed by atoms with E-state index in [0.29, 0.717) is 39.3 Å². The molecular formula is C25H34N4O3. The quantitative estimate of drug-likeness (QED) is 0.779. The summed E-state index contributed by atoms with van der Waals surface area (Å²) in [5.41, 5.74) is 2.19. The first-order chi connectivity index (χ1) is 15.4. The van der Waals surface area contributed by atoms with E-state index >= 15 is 0 Å². The summed E-state index contributed by atoms with van der Waals surface area (Å²) in [7, 11) is 3.53. The monoisotopic (exact) mass is 438 g/mol. The number of rotatable bonds is 4. The highest BCUT2D eigenvalue weighted by Crippen LogP contribution is 2.10. The molecule has 7 nitrogen and oxygen atoms in total. The second kappa shape index (κ2) is 11.8. The number of aliphatic hydroxyl groups is 1. The molecular weight excluding hydrogens is 404 g/mol. The molecule has 1 aliphatic rings. The van der Waals surface area contributed by atoms with Crippen LogP contribution in [0.3, 0.4) is 0 Å². The third-order valence-electron chi connectivity index (χ3n) is 5.78. The molecule has 0 unspecified atom stereocenters. The molecule has 2 aromatic carbocycles. The Labute approximate surface area is 190 Å². The minimum absolute atomic E-state index is 0.0191. The van der Waals surface area contributed by atoms with Gasteiger partial charge in [-0.2, -0.15) is 0 Å². The average Bonchev–Trinajstić information content (AvgIpc) is 2.78. The van der Waals surface area contributed by atoms with E-state index < -0.39 is 6.10 Å². The lowest BCUT2D eigenvalue weighted by Gasteiger charge is -2.29. The number of nitrogens with zero attached hydrogens (tertiary/aromatic N) is 4. The van der Waals surface area contributed by atoms with Crippen LogP contribution in [-0.2, 0) is 22.7 Å². The molecule has 0 aliphatic carbocycles. The highest BCUT2D eigenvalue weighted by molar-refractivity contribution is 5.79. The molecule has 2 amide bonds. The summed E-state index contributed by atoms with van der Waals surface area (Å²) in [5, 5.41) is 10.9. The summed E-state index contributed by atoms with van der Waals surface area (Å²) in [4.78, 5) is 32.9. The van der Waals surface area contributed by atoms with Crippen LogP contribution in [0.15, 0.2) is 60.7 Å². The number of amides is 2. The minimum Gasteiger partial charge on any atom is -0.390 e. The van der Waals surface area contributed by atoms with Gasteiger partial charge in [-0.25, -0.2) is 0 Å². The van der Waals surface area contributed by atoms with Crippen LogP contribution in [-0.4, -0.2) is 96.0 Å². The predicted molar refractivity (Wildman–Crippen MR) is 125 cm³/mol. The Kier molecular flexibility index (Phi) is 8.79. The normalized spacial score (nSPS) is 18.8. The van der Waals surface area contributed by atoms with Crippen LogP contribution >= 0.6 is 0 Å². The Bertz CT molecular complexity index is 791. The first-order valence-electron chi connectivity index (χ1n) is 11.1. The average molecular weight is 439 g/mol. The number of β-amino-alcohol motifs (C(OH)–C–C–N with tert-alkyl or cyclic N) is 1. The molecule has 2 aromatic rings. The van der Waals surface area contributed by atoms with Crippen LogP contribution < -0.4 is 0 Å². The van der Waals surface area contributed by atoms with Gasteiger partial charge in [-0.1, -0.05) is 60.7 Å². The number of carbonyl (C=O) groups is 2. The van der Waals surface area contributed by atoms with E-state index in [-0.39, 0.29) is 24.9 Å². The van der Waals surface area contributed by atoms with E-state index in [2.05, 4.69) is 0 Å². The SMILES string of the molecule is CN1CCN(C)C(=O)CN(Cc2ccccc2)CC(O)CN(Cc2ccccc2)CC1=O. The van der Waals surface area contributed by atoms with Crippen molar-refractivity contribution in [3.63, 3.8) is 0 Å². The van der Waals surface area contributed by atoms with Gasteiger partial charge in [-0.15, -0.1) is 0 Å². The zero-order valence-electron chi connectivity index (χ0n) is 19.1. The summed E-state index contributed by atoms with van der Waals surface area (Å²) >= 11 is 0. The third kappa shape index (κ3) is 7.44. The fourth-order valence-corrected chi connectivity index (χ4v) is 3.88. The van der Waals surface area contributed by atoms with Crippen molar-refractivity contribution in [2.24, 2.45) is 0 Å². The van der Waals surface area contributed by atoms with Gasteiger partial charge in [-0.3, -0.25) is 19.4 Å². The van der Waals surface area contributed by atoms with Gasteiger partial charge in [0.25, 0.3) is 0 Å². The molecule has 0 spiro atoms. The second-order valence-electron chi connectivity index (χ2n) is 8.59. The minimum atomic E-state index is -0.695. The molecule has 172 valence electrons. The Hall–Kier alpha value is -2.74. The van der Waals surface area contributed by atoms with Crippen LogP contribution in [0.4, 0.5) is 0 Å². The number of hydrogen-bond donors (Lipinski definition) is 1. The van der Waals surface area contributed by atoms with Crippen molar-refractivity contribution in [3.05, 3.63) is 71.8 Å². The van der Waals surface area contributed by atoms with E-state index in [4.69, 9.17) is 0 Å². The number of carbonyl (C=O) groups excluding carboxylic acids is 2.